The molecule has 10 aromatic rings. The van der Waals surface area contributed by atoms with Gasteiger partial charge in [0.2, 0.25) is 0 Å². The molecular formula is C58H48N2Si. The van der Waals surface area contributed by atoms with Gasteiger partial charge in [-0.15, -0.1) is 0 Å². The molecule has 3 heteroatoms. The van der Waals surface area contributed by atoms with Crippen LogP contribution in [0.25, 0.3) is 55.0 Å². The number of rotatable bonds is 7. The first kappa shape index (κ1) is 35.3. The molecule has 0 unspecified atom stereocenters. The first-order valence-electron chi connectivity index (χ1n) is 22.5. The molecule has 0 radical (unpaired) electrons. The lowest BCUT2D eigenvalue weighted by molar-refractivity contribution is -0.00512. The van der Waals surface area contributed by atoms with Gasteiger partial charge in [-0.1, -0.05) is 146 Å². The molecule has 4 aliphatic carbocycles. The Morgan fingerprint density at radius 1 is 0.344 bits per heavy atom. The maximum absolute atomic E-state index is 2.72. The van der Waals surface area contributed by atoms with Gasteiger partial charge in [-0.3, -0.25) is 0 Å². The Morgan fingerprint density at radius 3 is 1.31 bits per heavy atom. The first-order valence-corrected chi connectivity index (χ1v) is 24.5. The van der Waals surface area contributed by atoms with E-state index < -0.39 is 8.07 Å². The molecule has 4 saturated carbocycles. The lowest BCUT2D eigenvalue weighted by Gasteiger charge is -2.57. The summed E-state index contributed by atoms with van der Waals surface area (Å²) in [5, 5.41) is 10.8. The van der Waals surface area contributed by atoms with Crippen LogP contribution in [0.3, 0.4) is 0 Å². The second kappa shape index (κ2) is 13.5. The molecule has 0 atom stereocenters. The predicted octanol–water partition coefficient (Wildman–Crippen LogP) is 11.7. The number of para-hydroxylation sites is 2. The van der Waals surface area contributed by atoms with Gasteiger partial charge in [0.05, 0.1) is 22.1 Å². The van der Waals surface area contributed by atoms with E-state index >= 15 is 0 Å². The molecular weight excluding hydrogens is 753 g/mol. The molecule has 0 N–H and O–H groups in total. The van der Waals surface area contributed by atoms with Gasteiger partial charge in [0.15, 0.2) is 8.07 Å². The van der Waals surface area contributed by atoms with Crippen molar-refractivity contribution < 1.29 is 0 Å². The molecule has 61 heavy (non-hydrogen) atoms. The molecule has 2 heterocycles. The monoisotopic (exact) mass is 800 g/mol. The molecule has 4 fully saturated rings. The Hall–Kier alpha value is -6.42. The summed E-state index contributed by atoms with van der Waals surface area (Å²) in [6.07, 6.45) is 8.59. The summed E-state index contributed by atoms with van der Waals surface area (Å²) in [4.78, 5) is 0. The predicted molar refractivity (Wildman–Crippen MR) is 259 cm³/mol. The summed E-state index contributed by atoms with van der Waals surface area (Å²) in [6.45, 7) is 0. The van der Waals surface area contributed by atoms with Crippen LogP contribution in [0.1, 0.15) is 44.1 Å². The molecule has 4 aliphatic rings. The molecule has 0 amide bonds. The SMILES string of the molecule is c1ccc([Si](c2ccccc2)(c2ccccc2)c2cccc(-n3c4ccccc4c4cc(-n5c6ccccc6c6cc(C78CC9CC(CC(C9)C7)C8)ccc65)ccc43)c2)cc1. The van der Waals surface area contributed by atoms with Crippen LogP contribution < -0.4 is 20.7 Å². The fourth-order valence-electron chi connectivity index (χ4n) is 13.4. The summed E-state index contributed by atoms with van der Waals surface area (Å²) in [5.74, 6) is 2.79. The van der Waals surface area contributed by atoms with Crippen LogP contribution in [0.2, 0.25) is 0 Å². The van der Waals surface area contributed by atoms with Gasteiger partial charge < -0.3 is 9.13 Å². The second-order valence-electron chi connectivity index (χ2n) is 18.7. The minimum atomic E-state index is -2.72. The third-order valence-electron chi connectivity index (χ3n) is 15.4. The summed E-state index contributed by atoms with van der Waals surface area (Å²) in [7, 11) is -2.72. The minimum Gasteiger partial charge on any atom is -0.309 e. The highest BCUT2D eigenvalue weighted by atomic mass is 28.3. The summed E-state index contributed by atoms with van der Waals surface area (Å²) < 4.78 is 5.03. The third-order valence-corrected chi connectivity index (χ3v) is 20.2. The standard InChI is InChI=1S/C58H48N2Si/c1-4-16-46(17-5-1)61(47-18-6-2-7-19-47,48-20-8-3-9-21-48)49-22-14-15-44(35-49)59-55-26-13-11-24-51(55)53-36-45(28-30-57(53)59)60-54-25-12-10-23-50(54)52-34-43(27-29-56(52)60)58-37-40-31-41(38-58)33-42(32-40)39-58/h1-30,34-36,40-42H,31-33,37-39H2. The highest BCUT2D eigenvalue weighted by molar-refractivity contribution is 7.19. The Bertz CT molecular complexity index is 3150. The Balaban J connectivity index is 0.992. The molecule has 0 aliphatic heterocycles. The zero-order chi connectivity index (χ0) is 40.1. The van der Waals surface area contributed by atoms with Crippen molar-refractivity contribution >= 4 is 72.4 Å². The maximum Gasteiger partial charge on any atom is 0.179 e. The van der Waals surface area contributed by atoms with Gasteiger partial charge in [-0.2, -0.15) is 0 Å². The van der Waals surface area contributed by atoms with Crippen molar-refractivity contribution in [2.24, 2.45) is 17.8 Å². The van der Waals surface area contributed by atoms with Crippen LogP contribution >= 0.6 is 0 Å². The van der Waals surface area contributed by atoms with Crippen molar-refractivity contribution in [3.05, 3.63) is 206 Å². The molecule has 8 aromatic carbocycles. The Labute approximate surface area is 358 Å². The van der Waals surface area contributed by atoms with E-state index in [0.717, 1.165) is 17.8 Å². The fraction of sp³-hybridized carbons (Fsp3) is 0.172. The summed E-state index contributed by atoms with van der Waals surface area (Å²) in [6, 6.07) is 76.1. The zero-order valence-electron chi connectivity index (χ0n) is 34.4. The minimum absolute atomic E-state index is 0.371. The molecule has 294 valence electrons. The van der Waals surface area contributed by atoms with E-state index in [2.05, 4.69) is 209 Å². The highest BCUT2D eigenvalue weighted by Gasteiger charge is 2.51. The molecule has 2 aromatic heterocycles. The van der Waals surface area contributed by atoms with Gasteiger partial charge in [0, 0.05) is 32.9 Å². The zero-order valence-corrected chi connectivity index (χ0v) is 35.4. The topological polar surface area (TPSA) is 9.86 Å². The highest BCUT2D eigenvalue weighted by Crippen LogP contribution is 2.61. The largest absolute Gasteiger partial charge is 0.309 e. The van der Waals surface area contributed by atoms with E-state index in [-0.39, 0.29) is 0 Å². The second-order valence-corrected chi connectivity index (χ2v) is 22.5. The van der Waals surface area contributed by atoms with Crippen molar-refractivity contribution in [3.63, 3.8) is 0 Å². The Morgan fingerprint density at radius 2 is 0.770 bits per heavy atom. The Kier molecular flexibility index (Phi) is 7.85. The smallest absolute Gasteiger partial charge is 0.179 e. The van der Waals surface area contributed by atoms with E-state index in [4.69, 9.17) is 0 Å². The quantitative estimate of drug-likeness (QED) is 0.112. The van der Waals surface area contributed by atoms with Crippen LogP contribution in [0.4, 0.5) is 0 Å². The van der Waals surface area contributed by atoms with Gasteiger partial charge in [0.1, 0.15) is 0 Å². The van der Waals surface area contributed by atoms with Crippen molar-refractivity contribution in [2.45, 2.75) is 43.9 Å². The number of benzene rings is 8. The average molecular weight is 801 g/mol. The van der Waals surface area contributed by atoms with E-state index in [1.54, 1.807) is 5.56 Å². The first-order chi connectivity index (χ1) is 30.2. The van der Waals surface area contributed by atoms with Crippen LogP contribution in [-0.4, -0.2) is 17.2 Å². The van der Waals surface area contributed by atoms with E-state index in [9.17, 15) is 0 Å². The summed E-state index contributed by atoms with van der Waals surface area (Å²) in [5.41, 5.74) is 9.39. The molecule has 0 saturated heterocycles. The van der Waals surface area contributed by atoms with Gasteiger partial charge in [-0.25, -0.2) is 0 Å². The molecule has 0 spiro atoms. The number of hydrogen-bond donors (Lipinski definition) is 0. The van der Waals surface area contributed by atoms with Gasteiger partial charge in [0.25, 0.3) is 0 Å². The number of fused-ring (bicyclic) bond motifs is 6. The van der Waals surface area contributed by atoms with Crippen molar-refractivity contribution in [3.8, 4) is 11.4 Å². The number of hydrogen-bond acceptors (Lipinski definition) is 0. The molecule has 2 nitrogen and oxygen atoms in total. The van der Waals surface area contributed by atoms with Crippen molar-refractivity contribution in [1.29, 1.82) is 0 Å². The van der Waals surface area contributed by atoms with Gasteiger partial charge >= 0.3 is 0 Å². The lowest BCUT2D eigenvalue weighted by atomic mass is 9.48. The van der Waals surface area contributed by atoms with Crippen LogP contribution in [-0.2, 0) is 5.41 Å². The van der Waals surface area contributed by atoms with Gasteiger partial charge in [-0.05, 0) is 143 Å². The van der Waals surface area contributed by atoms with E-state index in [1.165, 1.54) is 114 Å². The molecule has 4 bridgehead atoms. The van der Waals surface area contributed by atoms with Crippen LogP contribution in [0.5, 0.6) is 0 Å². The lowest BCUT2D eigenvalue weighted by Crippen LogP contribution is -2.74. The van der Waals surface area contributed by atoms with E-state index in [1.807, 2.05) is 0 Å². The van der Waals surface area contributed by atoms with Crippen molar-refractivity contribution in [1.82, 2.24) is 9.13 Å². The third kappa shape index (κ3) is 5.26. The average Bonchev–Trinajstić information content (AvgIpc) is 3.82. The van der Waals surface area contributed by atoms with E-state index in [0.29, 0.717) is 5.41 Å². The maximum atomic E-state index is 2.61. The molecule has 14 rings (SSSR count). The number of aromatic nitrogens is 2. The number of nitrogens with zero attached hydrogens (tertiary/aromatic N) is 2. The van der Waals surface area contributed by atoms with Crippen LogP contribution in [0, 0.1) is 17.8 Å². The van der Waals surface area contributed by atoms with Crippen LogP contribution in [0.15, 0.2) is 200 Å². The summed E-state index contributed by atoms with van der Waals surface area (Å²) >= 11 is 0. The fourth-order valence-corrected chi connectivity index (χ4v) is 18.2. The van der Waals surface area contributed by atoms with Crippen molar-refractivity contribution in [2.75, 3.05) is 0 Å². The normalized spacial score (nSPS) is 21.0.